The molecule has 0 saturated heterocycles. The predicted molar refractivity (Wildman–Crippen MR) is 182 cm³/mol. The zero-order valence-electron chi connectivity index (χ0n) is 23.8. The maximum Gasteiger partial charge on any atom is 0.235 e. The van der Waals surface area contributed by atoms with Gasteiger partial charge >= 0.3 is 0 Å². The van der Waals surface area contributed by atoms with Gasteiger partial charge in [0.05, 0.1) is 27.8 Å². The van der Waals surface area contributed by atoms with Gasteiger partial charge < -0.3 is 4.57 Å². The maximum atomic E-state index is 5.18. The highest BCUT2D eigenvalue weighted by Gasteiger charge is 2.16. The molecule has 0 bridgehead atoms. The molecular weight excluding hydrogens is 536 g/mol. The van der Waals surface area contributed by atoms with Gasteiger partial charge in [-0.05, 0) is 53.6 Å². The van der Waals surface area contributed by atoms with Gasteiger partial charge in [0.2, 0.25) is 5.95 Å². The van der Waals surface area contributed by atoms with Crippen molar-refractivity contribution in [2.24, 2.45) is 0 Å². The lowest BCUT2D eigenvalue weighted by atomic mass is 10.0. The average molecular weight is 563 g/mol. The molecule has 0 radical (unpaired) electrons. The van der Waals surface area contributed by atoms with Crippen molar-refractivity contribution in [3.63, 3.8) is 0 Å². The highest BCUT2D eigenvalue weighted by Crippen LogP contribution is 2.35. The first-order valence-electron chi connectivity index (χ1n) is 14.8. The second-order valence-electron chi connectivity index (χ2n) is 11.1. The topological polar surface area (TPSA) is 35.6 Å². The molecule has 0 N–H and O–H groups in total. The average Bonchev–Trinajstić information content (AvgIpc) is 3.61. The van der Waals surface area contributed by atoms with Crippen LogP contribution in [0.25, 0.3) is 77.6 Å². The third-order valence-corrected chi connectivity index (χ3v) is 8.60. The molecule has 0 spiro atoms. The van der Waals surface area contributed by atoms with Crippen molar-refractivity contribution in [3.8, 4) is 34.0 Å². The Bertz CT molecular complexity index is 2450. The summed E-state index contributed by atoms with van der Waals surface area (Å²) >= 11 is 0. The number of hydrogen-bond acceptors (Lipinski definition) is 2. The third-order valence-electron chi connectivity index (χ3n) is 8.60. The van der Waals surface area contributed by atoms with Crippen LogP contribution in [0.4, 0.5) is 0 Å². The van der Waals surface area contributed by atoms with Gasteiger partial charge in [0.15, 0.2) is 0 Å². The summed E-state index contributed by atoms with van der Waals surface area (Å²) in [6.45, 7) is 0. The van der Waals surface area contributed by atoms with Crippen LogP contribution in [-0.4, -0.2) is 19.1 Å². The van der Waals surface area contributed by atoms with Gasteiger partial charge in [0, 0.05) is 39.0 Å². The largest absolute Gasteiger partial charge is 0.309 e. The lowest BCUT2D eigenvalue weighted by molar-refractivity contribution is 0.992. The Hall–Kier alpha value is -6.00. The highest BCUT2D eigenvalue weighted by molar-refractivity contribution is 6.10. The van der Waals surface area contributed by atoms with Gasteiger partial charge in [-0.3, -0.25) is 4.57 Å². The molecule has 9 rings (SSSR count). The number of fused-ring (bicyclic) bond motifs is 6. The third kappa shape index (κ3) is 3.78. The van der Waals surface area contributed by atoms with Crippen LogP contribution in [0.3, 0.4) is 0 Å². The molecule has 206 valence electrons. The van der Waals surface area contributed by atoms with E-state index < -0.39 is 0 Å². The van der Waals surface area contributed by atoms with Crippen molar-refractivity contribution in [2.75, 3.05) is 0 Å². The van der Waals surface area contributed by atoms with Crippen LogP contribution in [0.2, 0.25) is 0 Å². The fraction of sp³-hybridized carbons (Fsp3) is 0. The minimum absolute atomic E-state index is 0.654. The molecule has 0 aliphatic heterocycles. The summed E-state index contributed by atoms with van der Waals surface area (Å²) in [7, 11) is 0. The minimum Gasteiger partial charge on any atom is -0.309 e. The molecule has 0 unspecified atom stereocenters. The molecule has 4 nitrogen and oxygen atoms in total. The first kappa shape index (κ1) is 24.6. The van der Waals surface area contributed by atoms with E-state index >= 15 is 0 Å². The molecule has 44 heavy (non-hydrogen) atoms. The van der Waals surface area contributed by atoms with Crippen molar-refractivity contribution >= 4 is 43.6 Å². The van der Waals surface area contributed by atoms with Crippen molar-refractivity contribution < 1.29 is 0 Å². The van der Waals surface area contributed by atoms with Gasteiger partial charge in [0.1, 0.15) is 0 Å². The lowest BCUT2D eigenvalue weighted by Gasteiger charge is -2.11. The van der Waals surface area contributed by atoms with E-state index in [-0.39, 0.29) is 0 Å². The molecule has 0 saturated carbocycles. The standard InChI is InChI=1S/C40H26N4/c1-2-11-27(12-3-1)28-21-22-34-33-17-6-9-20-38(33)44(39(34)26-28)40-41-24-23-35(42-40)29-13-10-14-30(25-29)43-36-18-7-4-15-31(36)32-16-5-8-19-37(32)43/h1-26H. The molecular formula is C40H26N4. The zero-order chi connectivity index (χ0) is 29.0. The van der Waals surface area contributed by atoms with E-state index in [1.807, 2.05) is 12.3 Å². The van der Waals surface area contributed by atoms with E-state index in [1.165, 1.54) is 38.1 Å². The van der Waals surface area contributed by atoms with Crippen LogP contribution in [0.1, 0.15) is 0 Å². The first-order chi connectivity index (χ1) is 21.8. The van der Waals surface area contributed by atoms with Crippen molar-refractivity contribution in [1.29, 1.82) is 0 Å². The van der Waals surface area contributed by atoms with Crippen LogP contribution in [0.5, 0.6) is 0 Å². The smallest absolute Gasteiger partial charge is 0.235 e. The van der Waals surface area contributed by atoms with Gasteiger partial charge in [0.25, 0.3) is 0 Å². The molecule has 3 aromatic heterocycles. The molecule has 3 heterocycles. The molecule has 9 aromatic rings. The summed E-state index contributed by atoms with van der Waals surface area (Å²) in [5, 5.41) is 4.87. The van der Waals surface area contributed by atoms with Crippen LogP contribution in [-0.2, 0) is 0 Å². The van der Waals surface area contributed by atoms with E-state index in [9.17, 15) is 0 Å². The SMILES string of the molecule is c1ccc(-c2ccc3c4ccccc4n(-c4nccc(-c5cccc(-n6c7ccccc7c7ccccc76)c5)n4)c3c2)cc1. The highest BCUT2D eigenvalue weighted by atomic mass is 15.2. The number of benzene rings is 6. The lowest BCUT2D eigenvalue weighted by Crippen LogP contribution is -2.02. The van der Waals surface area contributed by atoms with Crippen LogP contribution < -0.4 is 0 Å². The van der Waals surface area contributed by atoms with Crippen LogP contribution in [0.15, 0.2) is 158 Å². The van der Waals surface area contributed by atoms with Gasteiger partial charge in [-0.2, -0.15) is 0 Å². The number of hydrogen-bond donors (Lipinski definition) is 0. The Morgan fingerprint density at radius 3 is 1.68 bits per heavy atom. The quantitative estimate of drug-likeness (QED) is 0.214. The molecule has 6 aromatic carbocycles. The Kier molecular flexibility index (Phi) is 5.47. The summed E-state index contributed by atoms with van der Waals surface area (Å²) in [6.07, 6.45) is 1.87. The fourth-order valence-corrected chi connectivity index (χ4v) is 6.62. The predicted octanol–water partition coefficient (Wildman–Crippen LogP) is 10.0. The Labute approximate surface area is 254 Å². The normalized spacial score (nSPS) is 11.6. The second-order valence-corrected chi connectivity index (χ2v) is 11.1. The Balaban J connectivity index is 1.22. The monoisotopic (exact) mass is 562 g/mol. The summed E-state index contributed by atoms with van der Waals surface area (Å²) in [5.41, 5.74) is 9.92. The van der Waals surface area contributed by atoms with E-state index in [0.717, 1.165) is 33.5 Å². The Morgan fingerprint density at radius 1 is 0.386 bits per heavy atom. The number of nitrogens with zero attached hydrogens (tertiary/aromatic N) is 4. The van der Waals surface area contributed by atoms with Crippen LogP contribution >= 0.6 is 0 Å². The summed E-state index contributed by atoms with van der Waals surface area (Å²) < 4.78 is 4.53. The van der Waals surface area contributed by atoms with Gasteiger partial charge in [-0.15, -0.1) is 0 Å². The summed E-state index contributed by atoms with van der Waals surface area (Å²) in [6, 6.07) is 53.5. The van der Waals surface area contributed by atoms with Gasteiger partial charge in [-0.25, -0.2) is 9.97 Å². The summed E-state index contributed by atoms with van der Waals surface area (Å²) in [4.78, 5) is 9.99. The second kappa shape index (κ2) is 9.79. The fourth-order valence-electron chi connectivity index (χ4n) is 6.62. The molecule has 0 amide bonds. The van der Waals surface area contributed by atoms with E-state index in [4.69, 9.17) is 9.97 Å². The molecule has 0 atom stereocenters. The zero-order valence-corrected chi connectivity index (χ0v) is 23.8. The molecule has 0 aliphatic rings. The van der Waals surface area contributed by atoms with E-state index in [2.05, 4.69) is 155 Å². The Morgan fingerprint density at radius 2 is 0.977 bits per heavy atom. The van der Waals surface area contributed by atoms with Crippen molar-refractivity contribution in [2.45, 2.75) is 0 Å². The van der Waals surface area contributed by atoms with E-state index in [0.29, 0.717) is 5.95 Å². The summed E-state index contributed by atoms with van der Waals surface area (Å²) in [5.74, 6) is 0.654. The maximum absolute atomic E-state index is 5.18. The minimum atomic E-state index is 0.654. The van der Waals surface area contributed by atoms with Crippen molar-refractivity contribution in [3.05, 3.63) is 158 Å². The van der Waals surface area contributed by atoms with Gasteiger partial charge in [-0.1, -0.05) is 109 Å². The molecule has 0 fully saturated rings. The molecule has 4 heteroatoms. The van der Waals surface area contributed by atoms with Crippen LogP contribution in [0, 0.1) is 0 Å². The van der Waals surface area contributed by atoms with E-state index in [1.54, 1.807) is 0 Å². The molecule has 0 aliphatic carbocycles. The number of aromatic nitrogens is 4. The number of rotatable bonds is 4. The van der Waals surface area contributed by atoms with Crippen molar-refractivity contribution in [1.82, 2.24) is 19.1 Å². The first-order valence-corrected chi connectivity index (χ1v) is 14.8. The number of para-hydroxylation sites is 3.